The molecule has 0 unspecified atom stereocenters. The molecule has 0 spiro atoms. The fourth-order valence-electron chi connectivity index (χ4n) is 1.46. The Kier molecular flexibility index (Phi) is 3.92. The lowest BCUT2D eigenvalue weighted by molar-refractivity contribution is 0.102. The minimum atomic E-state index is -0.228. The zero-order valence-electron chi connectivity index (χ0n) is 9.56. The van der Waals surface area contributed by atoms with Crippen molar-refractivity contribution in [3.8, 4) is 0 Å². The number of benzene rings is 1. The molecule has 1 heterocycles. The van der Waals surface area contributed by atoms with E-state index < -0.39 is 0 Å². The second-order valence-electron chi connectivity index (χ2n) is 3.71. The molecule has 1 aromatic carbocycles. The molecule has 0 aliphatic rings. The largest absolute Gasteiger partial charge is 0.326 e. The molecule has 0 saturated heterocycles. The van der Waals surface area contributed by atoms with Crippen LogP contribution in [0.3, 0.4) is 0 Å². The summed E-state index contributed by atoms with van der Waals surface area (Å²) in [6.07, 6.45) is 1.61. The van der Waals surface area contributed by atoms with Gasteiger partial charge in [-0.15, -0.1) is 0 Å². The van der Waals surface area contributed by atoms with E-state index in [4.69, 9.17) is 17.3 Å². The van der Waals surface area contributed by atoms with E-state index in [0.717, 1.165) is 5.56 Å². The van der Waals surface area contributed by atoms with Gasteiger partial charge in [0.05, 0.1) is 0 Å². The van der Waals surface area contributed by atoms with Gasteiger partial charge in [-0.2, -0.15) is 0 Å². The highest BCUT2D eigenvalue weighted by Crippen LogP contribution is 2.12. The number of nitrogens with one attached hydrogen (secondary N) is 1. The summed E-state index contributed by atoms with van der Waals surface area (Å²) in [5, 5.41) is 3.30. The van der Waals surface area contributed by atoms with Crippen molar-refractivity contribution < 1.29 is 4.79 Å². The summed E-state index contributed by atoms with van der Waals surface area (Å²) in [5.74, 6) is 0.256. The number of amides is 1. The van der Waals surface area contributed by atoms with Crippen molar-refractivity contribution in [1.29, 1.82) is 0 Å². The topological polar surface area (TPSA) is 68.0 Å². The smallest absolute Gasteiger partial charge is 0.256 e. The first-order chi connectivity index (χ1) is 8.69. The van der Waals surface area contributed by atoms with Crippen LogP contribution in [0.5, 0.6) is 0 Å². The summed E-state index contributed by atoms with van der Waals surface area (Å²) >= 11 is 5.76. The lowest BCUT2D eigenvalue weighted by Gasteiger charge is -2.05. The third-order valence-electron chi connectivity index (χ3n) is 2.41. The molecule has 92 valence electrons. The number of nitrogens with two attached hydrogens (primary N) is 1. The minimum Gasteiger partial charge on any atom is -0.326 e. The first-order valence-corrected chi connectivity index (χ1v) is 5.79. The van der Waals surface area contributed by atoms with E-state index in [1.165, 1.54) is 0 Å². The molecule has 0 bridgehead atoms. The molecule has 4 nitrogen and oxygen atoms in total. The maximum atomic E-state index is 11.9. The van der Waals surface area contributed by atoms with E-state index in [1.54, 1.807) is 42.6 Å². The van der Waals surface area contributed by atoms with Crippen molar-refractivity contribution in [1.82, 2.24) is 4.98 Å². The van der Waals surface area contributed by atoms with Crippen LogP contribution in [0.25, 0.3) is 0 Å². The van der Waals surface area contributed by atoms with Crippen molar-refractivity contribution in [3.05, 3.63) is 58.7 Å². The standard InChI is InChI=1S/C13H12ClN3O/c14-11-3-1-10(2-4-11)13(18)17-12-7-9(8-15)5-6-16-12/h1-7H,8,15H2,(H,16,17,18). The number of aromatic nitrogens is 1. The first-order valence-electron chi connectivity index (χ1n) is 5.41. The highest BCUT2D eigenvalue weighted by Gasteiger charge is 2.06. The number of carbonyl (C=O) groups excluding carboxylic acids is 1. The SMILES string of the molecule is NCc1ccnc(NC(=O)c2ccc(Cl)cc2)c1. The lowest BCUT2D eigenvalue weighted by atomic mass is 10.2. The third kappa shape index (κ3) is 3.06. The summed E-state index contributed by atoms with van der Waals surface area (Å²) in [6.45, 7) is 0.409. The quantitative estimate of drug-likeness (QED) is 0.892. The maximum Gasteiger partial charge on any atom is 0.256 e. The van der Waals surface area contributed by atoms with Crippen LogP contribution in [0, 0.1) is 0 Å². The van der Waals surface area contributed by atoms with Gasteiger partial charge in [0.2, 0.25) is 0 Å². The number of rotatable bonds is 3. The summed E-state index contributed by atoms with van der Waals surface area (Å²) in [4.78, 5) is 16.0. The average molecular weight is 262 g/mol. The van der Waals surface area contributed by atoms with Crippen LogP contribution in [0.1, 0.15) is 15.9 Å². The maximum absolute atomic E-state index is 11.9. The van der Waals surface area contributed by atoms with Gasteiger partial charge in [-0.05, 0) is 42.0 Å². The molecule has 0 atom stereocenters. The van der Waals surface area contributed by atoms with Crippen molar-refractivity contribution in [2.75, 3.05) is 5.32 Å². The summed E-state index contributed by atoms with van der Waals surface area (Å²) in [6, 6.07) is 10.2. The van der Waals surface area contributed by atoms with Crippen LogP contribution < -0.4 is 11.1 Å². The molecule has 0 aliphatic carbocycles. The zero-order valence-corrected chi connectivity index (χ0v) is 10.3. The van der Waals surface area contributed by atoms with Crippen molar-refractivity contribution in [2.24, 2.45) is 5.73 Å². The molecule has 0 aliphatic heterocycles. The van der Waals surface area contributed by atoms with Gasteiger partial charge in [0.1, 0.15) is 5.82 Å². The molecular weight excluding hydrogens is 250 g/mol. The van der Waals surface area contributed by atoms with Crippen molar-refractivity contribution in [2.45, 2.75) is 6.54 Å². The van der Waals surface area contributed by atoms with Crippen LogP contribution in [0.2, 0.25) is 5.02 Å². The van der Waals surface area contributed by atoms with Gasteiger partial charge in [0.25, 0.3) is 5.91 Å². The van der Waals surface area contributed by atoms with E-state index in [2.05, 4.69) is 10.3 Å². The second-order valence-corrected chi connectivity index (χ2v) is 4.15. The Morgan fingerprint density at radius 2 is 2.00 bits per heavy atom. The molecule has 0 radical (unpaired) electrons. The Bertz CT molecular complexity index is 554. The highest BCUT2D eigenvalue weighted by atomic mass is 35.5. The molecule has 1 aromatic heterocycles. The molecule has 1 amide bonds. The number of hydrogen-bond acceptors (Lipinski definition) is 3. The van der Waals surface area contributed by atoms with Gasteiger partial charge in [-0.25, -0.2) is 4.98 Å². The van der Waals surface area contributed by atoms with Gasteiger partial charge in [0.15, 0.2) is 0 Å². The Balaban J connectivity index is 2.13. The third-order valence-corrected chi connectivity index (χ3v) is 2.66. The molecular formula is C13H12ClN3O. The number of carbonyl (C=O) groups is 1. The number of pyridine rings is 1. The predicted molar refractivity (Wildman–Crippen MR) is 71.5 cm³/mol. The Hall–Kier alpha value is -1.91. The fourth-order valence-corrected chi connectivity index (χ4v) is 1.59. The van der Waals surface area contributed by atoms with Crippen molar-refractivity contribution >= 4 is 23.3 Å². The molecule has 18 heavy (non-hydrogen) atoms. The summed E-state index contributed by atoms with van der Waals surface area (Å²) < 4.78 is 0. The minimum absolute atomic E-state index is 0.228. The first kappa shape index (κ1) is 12.5. The van der Waals surface area contributed by atoms with E-state index in [1.807, 2.05) is 0 Å². The molecule has 0 saturated carbocycles. The molecule has 2 rings (SSSR count). The van der Waals surface area contributed by atoms with Gasteiger partial charge in [-0.1, -0.05) is 11.6 Å². The molecule has 3 N–H and O–H groups in total. The van der Waals surface area contributed by atoms with Crippen LogP contribution in [-0.2, 0) is 6.54 Å². The highest BCUT2D eigenvalue weighted by molar-refractivity contribution is 6.30. The van der Waals surface area contributed by atoms with Gasteiger partial charge in [0, 0.05) is 23.3 Å². The fraction of sp³-hybridized carbons (Fsp3) is 0.0769. The Morgan fingerprint density at radius 3 is 2.67 bits per heavy atom. The van der Waals surface area contributed by atoms with Crippen LogP contribution in [0.15, 0.2) is 42.6 Å². The number of nitrogens with zero attached hydrogens (tertiary/aromatic N) is 1. The Morgan fingerprint density at radius 1 is 1.28 bits per heavy atom. The summed E-state index contributed by atoms with van der Waals surface area (Å²) in [7, 11) is 0. The number of anilines is 1. The van der Waals surface area contributed by atoms with Gasteiger partial charge in [-0.3, -0.25) is 4.79 Å². The van der Waals surface area contributed by atoms with Crippen LogP contribution in [-0.4, -0.2) is 10.9 Å². The summed E-state index contributed by atoms with van der Waals surface area (Å²) in [5.41, 5.74) is 6.96. The lowest BCUT2D eigenvalue weighted by Crippen LogP contribution is -2.13. The zero-order chi connectivity index (χ0) is 13.0. The van der Waals surface area contributed by atoms with E-state index in [9.17, 15) is 4.79 Å². The van der Waals surface area contributed by atoms with Gasteiger partial charge >= 0.3 is 0 Å². The average Bonchev–Trinajstić information content (AvgIpc) is 2.39. The molecule has 2 aromatic rings. The van der Waals surface area contributed by atoms with E-state index in [-0.39, 0.29) is 5.91 Å². The number of hydrogen-bond donors (Lipinski definition) is 2. The van der Waals surface area contributed by atoms with Gasteiger partial charge < -0.3 is 11.1 Å². The normalized spacial score (nSPS) is 10.1. The second kappa shape index (κ2) is 5.62. The van der Waals surface area contributed by atoms with E-state index in [0.29, 0.717) is 22.9 Å². The Labute approximate surface area is 110 Å². The van der Waals surface area contributed by atoms with E-state index >= 15 is 0 Å². The molecule has 0 fully saturated rings. The van der Waals surface area contributed by atoms with Crippen LogP contribution >= 0.6 is 11.6 Å². The predicted octanol–water partition coefficient (Wildman–Crippen LogP) is 2.45. The van der Waals surface area contributed by atoms with Crippen LogP contribution in [0.4, 0.5) is 5.82 Å². The molecule has 5 heteroatoms. The monoisotopic (exact) mass is 261 g/mol. The van der Waals surface area contributed by atoms with Crippen molar-refractivity contribution in [3.63, 3.8) is 0 Å². The number of halogens is 1.